The molecule has 2 heterocycles. The third-order valence-corrected chi connectivity index (χ3v) is 5.82. The van der Waals surface area contributed by atoms with E-state index in [0.717, 1.165) is 12.8 Å². The maximum absolute atomic E-state index is 13.3. The molecule has 1 saturated carbocycles. The first-order valence-electron chi connectivity index (χ1n) is 8.86. The van der Waals surface area contributed by atoms with Gasteiger partial charge in [-0.25, -0.2) is 0 Å². The smallest absolute Gasteiger partial charge is 0.338 e. The fraction of sp³-hybridized carbons (Fsp3) is 0.588. The van der Waals surface area contributed by atoms with Crippen LogP contribution in [0.2, 0.25) is 5.02 Å². The summed E-state index contributed by atoms with van der Waals surface area (Å²) in [5.74, 6) is -0.388. The fourth-order valence-corrected chi connectivity index (χ4v) is 4.08. The zero-order valence-corrected chi connectivity index (χ0v) is 17.9. The van der Waals surface area contributed by atoms with Crippen LogP contribution in [-0.2, 0) is 24.1 Å². The van der Waals surface area contributed by atoms with E-state index >= 15 is 0 Å². The van der Waals surface area contributed by atoms with Gasteiger partial charge in [0.15, 0.2) is 5.69 Å². The van der Waals surface area contributed by atoms with E-state index in [2.05, 4.69) is 26.1 Å². The van der Waals surface area contributed by atoms with Crippen LogP contribution < -0.4 is 0 Å². The van der Waals surface area contributed by atoms with Gasteiger partial charge >= 0.3 is 6.18 Å². The van der Waals surface area contributed by atoms with Crippen molar-refractivity contribution in [1.82, 2.24) is 24.5 Å². The standard InChI is InChI=1S/C17H20BrClF3N5O/c1-4-26-7-11(19)12(23-26)8-25(3)16(28)9(2)27-14(10-5-6-10)13(18)15(24-27)17(20,21)22/h7,9-10H,4-6,8H2,1-3H3. The molecule has 2 aromatic rings. The zero-order valence-electron chi connectivity index (χ0n) is 15.6. The van der Waals surface area contributed by atoms with Crippen molar-refractivity contribution >= 4 is 33.4 Å². The molecular weight excluding hydrogens is 463 g/mol. The summed E-state index contributed by atoms with van der Waals surface area (Å²) < 4.78 is 42.7. The topological polar surface area (TPSA) is 56.0 Å². The van der Waals surface area contributed by atoms with Crippen molar-refractivity contribution in [3.05, 3.63) is 32.8 Å². The number of aromatic nitrogens is 4. The summed E-state index contributed by atoms with van der Waals surface area (Å²) in [6.07, 6.45) is -1.36. The summed E-state index contributed by atoms with van der Waals surface area (Å²) in [5.41, 5.74) is -0.0390. The van der Waals surface area contributed by atoms with Crippen molar-refractivity contribution in [2.45, 2.75) is 57.9 Å². The summed E-state index contributed by atoms with van der Waals surface area (Å²) in [4.78, 5) is 14.3. The molecule has 0 N–H and O–H groups in total. The highest BCUT2D eigenvalue weighted by molar-refractivity contribution is 9.10. The Balaban J connectivity index is 1.85. The molecule has 1 unspecified atom stereocenters. The Hall–Kier alpha value is -1.55. The van der Waals surface area contributed by atoms with Gasteiger partial charge in [0, 0.05) is 25.7 Å². The van der Waals surface area contributed by atoms with Gasteiger partial charge in [-0.05, 0) is 42.6 Å². The van der Waals surface area contributed by atoms with E-state index in [0.29, 0.717) is 23.0 Å². The monoisotopic (exact) mass is 481 g/mol. The average Bonchev–Trinajstić information content (AvgIpc) is 3.30. The van der Waals surface area contributed by atoms with Gasteiger partial charge in [0.05, 0.1) is 21.7 Å². The average molecular weight is 483 g/mol. The Bertz CT molecular complexity index is 890. The molecule has 1 aliphatic rings. The van der Waals surface area contributed by atoms with E-state index in [9.17, 15) is 18.0 Å². The fourth-order valence-electron chi connectivity index (χ4n) is 3.06. The molecule has 1 atom stereocenters. The second-order valence-electron chi connectivity index (χ2n) is 6.91. The van der Waals surface area contributed by atoms with Gasteiger partial charge in [0.2, 0.25) is 5.91 Å². The van der Waals surface area contributed by atoms with E-state index < -0.39 is 17.9 Å². The zero-order chi connectivity index (χ0) is 20.8. The minimum Gasteiger partial charge on any atom is -0.338 e. The number of amides is 1. The normalized spacial score (nSPS) is 15.7. The van der Waals surface area contributed by atoms with E-state index in [1.807, 2.05) is 6.92 Å². The predicted octanol–water partition coefficient (Wildman–Crippen LogP) is 4.63. The van der Waals surface area contributed by atoms with Gasteiger partial charge in [-0.1, -0.05) is 11.6 Å². The van der Waals surface area contributed by atoms with Crippen molar-refractivity contribution < 1.29 is 18.0 Å². The SMILES string of the molecule is CCn1cc(Cl)c(CN(C)C(=O)C(C)n2nc(C(F)(F)F)c(Br)c2C2CC2)n1. The Morgan fingerprint density at radius 3 is 2.57 bits per heavy atom. The van der Waals surface area contributed by atoms with Crippen molar-refractivity contribution in [3.63, 3.8) is 0 Å². The van der Waals surface area contributed by atoms with Gasteiger partial charge in [0.25, 0.3) is 0 Å². The first-order valence-corrected chi connectivity index (χ1v) is 10.0. The summed E-state index contributed by atoms with van der Waals surface area (Å²) in [6, 6.07) is -0.889. The minimum absolute atomic E-state index is 0.0202. The lowest BCUT2D eigenvalue weighted by Gasteiger charge is -2.22. The second-order valence-corrected chi connectivity index (χ2v) is 8.11. The molecule has 0 bridgehead atoms. The molecule has 154 valence electrons. The van der Waals surface area contributed by atoms with Crippen LogP contribution in [-0.4, -0.2) is 37.4 Å². The number of halogens is 5. The quantitative estimate of drug-likeness (QED) is 0.603. The number of alkyl halides is 3. The third-order valence-electron chi connectivity index (χ3n) is 4.72. The maximum Gasteiger partial charge on any atom is 0.436 e. The first-order chi connectivity index (χ1) is 13.0. The molecule has 11 heteroatoms. The Labute approximate surface area is 173 Å². The highest BCUT2D eigenvalue weighted by Crippen LogP contribution is 2.47. The molecule has 28 heavy (non-hydrogen) atoms. The summed E-state index contributed by atoms with van der Waals surface area (Å²) in [6.45, 7) is 4.26. The van der Waals surface area contributed by atoms with E-state index in [4.69, 9.17) is 11.6 Å². The van der Waals surface area contributed by atoms with Crippen LogP contribution in [0.5, 0.6) is 0 Å². The highest BCUT2D eigenvalue weighted by atomic mass is 79.9. The number of likely N-dealkylation sites (N-methyl/N-ethyl adjacent to an activating group) is 1. The summed E-state index contributed by atoms with van der Waals surface area (Å²) in [5, 5.41) is 8.48. The van der Waals surface area contributed by atoms with Crippen molar-refractivity contribution in [2.24, 2.45) is 0 Å². The number of rotatable bonds is 6. The Morgan fingerprint density at radius 1 is 1.43 bits per heavy atom. The third kappa shape index (κ3) is 4.07. The van der Waals surface area contributed by atoms with Crippen LogP contribution in [0.1, 0.15) is 55.7 Å². The molecule has 6 nitrogen and oxygen atoms in total. The molecule has 0 aromatic carbocycles. The first kappa shape index (κ1) is 21.2. The van der Waals surface area contributed by atoms with Crippen molar-refractivity contribution in [2.75, 3.05) is 7.05 Å². The van der Waals surface area contributed by atoms with Crippen molar-refractivity contribution in [1.29, 1.82) is 0 Å². The number of nitrogens with zero attached hydrogens (tertiary/aromatic N) is 5. The highest BCUT2D eigenvalue weighted by Gasteiger charge is 2.43. The molecule has 1 aliphatic carbocycles. The van der Waals surface area contributed by atoms with Crippen molar-refractivity contribution in [3.8, 4) is 0 Å². The van der Waals surface area contributed by atoms with Gasteiger partial charge in [-0.15, -0.1) is 0 Å². The van der Waals surface area contributed by atoms with Crippen LogP contribution in [0.4, 0.5) is 13.2 Å². The molecule has 0 spiro atoms. The molecular formula is C17H20BrClF3N5O. The Kier molecular flexibility index (Phi) is 5.82. The lowest BCUT2D eigenvalue weighted by Crippen LogP contribution is -2.34. The number of hydrogen-bond donors (Lipinski definition) is 0. The molecule has 1 fully saturated rings. The van der Waals surface area contributed by atoms with Crippen LogP contribution >= 0.6 is 27.5 Å². The van der Waals surface area contributed by atoms with E-state index in [1.165, 1.54) is 9.58 Å². The molecule has 1 amide bonds. The molecule has 0 saturated heterocycles. The molecule has 0 radical (unpaired) electrons. The van der Waals surface area contributed by atoms with Crippen LogP contribution in [0.15, 0.2) is 10.7 Å². The molecule has 3 rings (SSSR count). The van der Waals surface area contributed by atoms with Gasteiger partial charge < -0.3 is 4.90 Å². The van der Waals surface area contributed by atoms with E-state index in [-0.39, 0.29) is 22.8 Å². The lowest BCUT2D eigenvalue weighted by atomic mass is 10.2. The van der Waals surface area contributed by atoms with E-state index in [1.54, 1.807) is 24.9 Å². The lowest BCUT2D eigenvalue weighted by molar-refractivity contribution is -0.143. The second kappa shape index (κ2) is 7.70. The van der Waals surface area contributed by atoms with Crippen LogP contribution in [0.25, 0.3) is 0 Å². The Morgan fingerprint density at radius 2 is 2.07 bits per heavy atom. The maximum atomic E-state index is 13.3. The summed E-state index contributed by atoms with van der Waals surface area (Å²) >= 11 is 9.20. The molecule has 0 aliphatic heterocycles. The van der Waals surface area contributed by atoms with Crippen LogP contribution in [0, 0.1) is 0 Å². The predicted molar refractivity (Wildman–Crippen MR) is 101 cm³/mol. The molecule has 2 aromatic heterocycles. The van der Waals surface area contributed by atoms with Gasteiger partial charge in [-0.2, -0.15) is 23.4 Å². The summed E-state index contributed by atoms with van der Waals surface area (Å²) in [7, 11) is 1.57. The number of aryl methyl sites for hydroxylation is 1. The largest absolute Gasteiger partial charge is 0.436 e. The number of carbonyl (C=O) groups is 1. The number of carbonyl (C=O) groups excluding carboxylic acids is 1. The van der Waals surface area contributed by atoms with Gasteiger partial charge in [-0.3, -0.25) is 14.2 Å². The number of hydrogen-bond acceptors (Lipinski definition) is 3. The van der Waals surface area contributed by atoms with Gasteiger partial charge in [0.1, 0.15) is 11.7 Å². The van der Waals surface area contributed by atoms with Crippen LogP contribution in [0.3, 0.4) is 0 Å². The minimum atomic E-state index is -4.59.